The molecule has 0 bridgehead atoms. The molecular weight excluding hydrogens is 258 g/mol. The number of aromatic nitrogens is 3. The van der Waals surface area contributed by atoms with Crippen LogP contribution in [-0.2, 0) is 0 Å². The van der Waals surface area contributed by atoms with Crippen molar-refractivity contribution in [3.63, 3.8) is 0 Å². The van der Waals surface area contributed by atoms with Crippen molar-refractivity contribution in [1.82, 2.24) is 14.8 Å². The van der Waals surface area contributed by atoms with Gasteiger partial charge in [0.25, 0.3) is 0 Å². The Labute approximate surface area is 117 Å². The Balaban J connectivity index is 1.66. The second-order valence-electron chi connectivity index (χ2n) is 5.08. The van der Waals surface area contributed by atoms with Crippen LogP contribution in [0.2, 0.25) is 0 Å². The van der Waals surface area contributed by atoms with Crippen molar-refractivity contribution in [2.24, 2.45) is 0 Å². The third-order valence-electron chi connectivity index (χ3n) is 3.76. The van der Waals surface area contributed by atoms with Crippen LogP contribution in [0, 0.1) is 13.8 Å². The maximum atomic E-state index is 5.67. The number of rotatable bonds is 2. The van der Waals surface area contributed by atoms with Gasteiger partial charge in [0.2, 0.25) is 0 Å². The van der Waals surface area contributed by atoms with Gasteiger partial charge >= 0.3 is 0 Å². The summed E-state index contributed by atoms with van der Waals surface area (Å²) in [6.07, 6.45) is 4.17. The van der Waals surface area contributed by atoms with E-state index in [9.17, 15) is 0 Å². The van der Waals surface area contributed by atoms with E-state index in [1.165, 1.54) is 4.88 Å². The predicted octanol–water partition coefficient (Wildman–Crippen LogP) is 2.38. The fourth-order valence-corrected chi connectivity index (χ4v) is 3.43. The summed E-state index contributed by atoms with van der Waals surface area (Å²) >= 11 is 1.79. The summed E-state index contributed by atoms with van der Waals surface area (Å²) in [6.45, 7) is 6.29. The number of thiazole rings is 1. The van der Waals surface area contributed by atoms with E-state index in [4.69, 9.17) is 5.73 Å². The minimum absolute atomic E-state index is 0.468. The fraction of sp³-hybridized carbons (Fsp3) is 0.538. The van der Waals surface area contributed by atoms with E-state index in [0.29, 0.717) is 11.9 Å². The van der Waals surface area contributed by atoms with Crippen LogP contribution in [-0.4, -0.2) is 27.9 Å². The molecule has 1 saturated heterocycles. The van der Waals surface area contributed by atoms with E-state index in [2.05, 4.69) is 28.8 Å². The maximum Gasteiger partial charge on any atom is 0.185 e. The van der Waals surface area contributed by atoms with E-state index in [-0.39, 0.29) is 0 Å². The van der Waals surface area contributed by atoms with Crippen molar-refractivity contribution in [1.29, 1.82) is 0 Å². The fourth-order valence-electron chi connectivity index (χ4n) is 2.47. The number of hydrogen-bond donors (Lipinski definition) is 1. The number of piperidine rings is 1. The Morgan fingerprint density at radius 2 is 2.05 bits per heavy atom. The monoisotopic (exact) mass is 277 g/mol. The van der Waals surface area contributed by atoms with Crippen molar-refractivity contribution in [2.75, 3.05) is 23.7 Å². The Morgan fingerprint density at radius 1 is 1.32 bits per heavy atom. The van der Waals surface area contributed by atoms with E-state index in [1.54, 1.807) is 11.3 Å². The van der Waals surface area contributed by atoms with Crippen LogP contribution in [0.3, 0.4) is 0 Å². The van der Waals surface area contributed by atoms with Gasteiger partial charge in [-0.3, -0.25) is 4.68 Å². The molecular formula is C13H19N5S. The van der Waals surface area contributed by atoms with Gasteiger partial charge in [-0.25, -0.2) is 4.98 Å². The zero-order valence-corrected chi connectivity index (χ0v) is 12.2. The summed E-state index contributed by atoms with van der Waals surface area (Å²) in [7, 11) is 0. The molecule has 0 aliphatic carbocycles. The maximum absolute atomic E-state index is 5.67. The third-order valence-corrected chi connectivity index (χ3v) is 4.89. The molecule has 19 heavy (non-hydrogen) atoms. The van der Waals surface area contributed by atoms with Gasteiger partial charge in [0.15, 0.2) is 5.13 Å². The van der Waals surface area contributed by atoms with E-state index < -0.39 is 0 Å². The van der Waals surface area contributed by atoms with Crippen LogP contribution in [0.5, 0.6) is 0 Å². The normalized spacial score (nSPS) is 17.1. The van der Waals surface area contributed by atoms with Gasteiger partial charge in [0.1, 0.15) is 5.82 Å². The molecule has 102 valence electrons. The van der Waals surface area contributed by atoms with Crippen molar-refractivity contribution < 1.29 is 0 Å². The molecule has 2 N–H and O–H groups in total. The quantitative estimate of drug-likeness (QED) is 0.915. The largest absolute Gasteiger partial charge is 0.382 e. The van der Waals surface area contributed by atoms with E-state index in [0.717, 1.165) is 36.8 Å². The number of nitrogens with two attached hydrogens (primary N) is 1. The molecule has 5 nitrogen and oxygen atoms in total. The number of hydrogen-bond acceptors (Lipinski definition) is 5. The summed E-state index contributed by atoms with van der Waals surface area (Å²) in [5.41, 5.74) is 6.83. The van der Waals surface area contributed by atoms with Gasteiger partial charge in [0, 0.05) is 24.2 Å². The van der Waals surface area contributed by atoms with Crippen LogP contribution >= 0.6 is 11.3 Å². The molecule has 0 amide bonds. The minimum Gasteiger partial charge on any atom is -0.382 e. The highest BCUT2D eigenvalue weighted by molar-refractivity contribution is 7.15. The minimum atomic E-state index is 0.468. The molecule has 3 rings (SSSR count). The summed E-state index contributed by atoms with van der Waals surface area (Å²) in [4.78, 5) is 8.34. The molecule has 0 saturated carbocycles. The van der Waals surface area contributed by atoms with Crippen molar-refractivity contribution >= 4 is 22.3 Å². The first kappa shape index (κ1) is 12.5. The SMILES string of the molecule is Cc1nc(N2CCC(n3ccc(N)n3)CC2)sc1C. The summed E-state index contributed by atoms with van der Waals surface area (Å²) in [5.74, 6) is 0.605. The highest BCUT2D eigenvalue weighted by atomic mass is 32.1. The molecule has 1 fully saturated rings. The lowest BCUT2D eigenvalue weighted by Gasteiger charge is -2.31. The smallest absolute Gasteiger partial charge is 0.185 e. The molecule has 6 heteroatoms. The van der Waals surface area contributed by atoms with Gasteiger partial charge < -0.3 is 10.6 Å². The zero-order chi connectivity index (χ0) is 13.4. The highest BCUT2D eigenvalue weighted by Crippen LogP contribution is 2.30. The predicted molar refractivity (Wildman–Crippen MR) is 78.7 cm³/mol. The van der Waals surface area contributed by atoms with Crippen LogP contribution in [0.1, 0.15) is 29.5 Å². The number of nitrogen functional groups attached to an aromatic ring is 1. The average Bonchev–Trinajstić information content (AvgIpc) is 2.97. The average molecular weight is 277 g/mol. The first-order chi connectivity index (χ1) is 9.13. The lowest BCUT2D eigenvalue weighted by molar-refractivity contribution is 0.367. The molecule has 0 atom stereocenters. The van der Waals surface area contributed by atoms with Gasteiger partial charge in [0.05, 0.1) is 11.7 Å². The van der Waals surface area contributed by atoms with Gasteiger partial charge in [-0.2, -0.15) is 5.10 Å². The summed E-state index contributed by atoms with van der Waals surface area (Å²) in [5, 5.41) is 5.47. The molecule has 0 spiro atoms. The first-order valence-electron chi connectivity index (χ1n) is 6.63. The molecule has 0 aromatic carbocycles. The van der Waals surface area contributed by atoms with Gasteiger partial charge in [-0.05, 0) is 32.8 Å². The van der Waals surface area contributed by atoms with Crippen LogP contribution in [0.15, 0.2) is 12.3 Å². The molecule has 1 aliphatic rings. The molecule has 0 unspecified atom stereocenters. The summed E-state index contributed by atoms with van der Waals surface area (Å²) < 4.78 is 2.00. The molecule has 3 heterocycles. The van der Waals surface area contributed by atoms with E-state index >= 15 is 0 Å². The Hall–Kier alpha value is -1.56. The molecule has 1 aliphatic heterocycles. The van der Waals surface area contributed by atoms with Crippen molar-refractivity contribution in [2.45, 2.75) is 32.7 Å². The number of anilines is 2. The summed E-state index contributed by atoms with van der Waals surface area (Å²) in [6, 6.07) is 2.33. The molecule has 2 aromatic rings. The second kappa shape index (κ2) is 4.85. The van der Waals surface area contributed by atoms with Crippen molar-refractivity contribution in [3.05, 3.63) is 22.8 Å². The highest BCUT2D eigenvalue weighted by Gasteiger charge is 2.23. The van der Waals surface area contributed by atoms with Crippen molar-refractivity contribution in [3.8, 4) is 0 Å². The second-order valence-corrected chi connectivity index (χ2v) is 6.26. The zero-order valence-electron chi connectivity index (χ0n) is 11.3. The first-order valence-corrected chi connectivity index (χ1v) is 7.45. The lowest BCUT2D eigenvalue weighted by Crippen LogP contribution is -2.34. The van der Waals surface area contributed by atoms with Gasteiger partial charge in [-0.15, -0.1) is 11.3 Å². The third kappa shape index (κ3) is 2.45. The standard InChI is InChI=1S/C13H19N5S/c1-9-10(2)19-13(15-9)17-6-3-11(4-7-17)18-8-5-12(14)16-18/h5,8,11H,3-4,6-7H2,1-2H3,(H2,14,16). The number of nitrogens with zero attached hydrogens (tertiary/aromatic N) is 4. The number of aryl methyl sites for hydroxylation is 2. The van der Waals surface area contributed by atoms with Gasteiger partial charge in [-0.1, -0.05) is 0 Å². The Bertz CT molecular complexity index is 546. The Kier molecular flexibility index (Phi) is 3.18. The van der Waals surface area contributed by atoms with Crippen LogP contribution in [0.25, 0.3) is 0 Å². The van der Waals surface area contributed by atoms with E-state index in [1.807, 2.05) is 16.9 Å². The topological polar surface area (TPSA) is 60.0 Å². The Morgan fingerprint density at radius 3 is 2.58 bits per heavy atom. The molecule has 0 radical (unpaired) electrons. The van der Waals surface area contributed by atoms with Crippen LogP contribution in [0.4, 0.5) is 10.9 Å². The lowest BCUT2D eigenvalue weighted by atomic mass is 10.1. The molecule has 2 aromatic heterocycles. The van der Waals surface area contributed by atoms with Crippen LogP contribution < -0.4 is 10.6 Å².